The Kier molecular flexibility index (Phi) is 6.10. The Labute approximate surface area is 198 Å². The van der Waals surface area contributed by atoms with E-state index in [1.807, 2.05) is 37.4 Å². The van der Waals surface area contributed by atoms with E-state index in [0.29, 0.717) is 6.07 Å². The Hall–Kier alpha value is -3.60. The number of nitrogens with one attached hydrogen (secondary N) is 1. The van der Waals surface area contributed by atoms with Crippen molar-refractivity contribution < 1.29 is 17.6 Å². The lowest BCUT2D eigenvalue weighted by atomic mass is 10.0. The molecule has 4 aromatic rings. The van der Waals surface area contributed by atoms with E-state index in [9.17, 15) is 17.6 Å². The third-order valence-corrected chi connectivity index (χ3v) is 6.33. The van der Waals surface area contributed by atoms with Gasteiger partial charge >= 0.3 is 6.18 Å². The van der Waals surface area contributed by atoms with Gasteiger partial charge in [-0.05, 0) is 18.9 Å². The summed E-state index contributed by atoms with van der Waals surface area (Å²) in [5, 5.41) is 18.5. The van der Waals surface area contributed by atoms with Crippen LogP contribution in [-0.2, 0) is 19.8 Å². The number of anilines is 1. The van der Waals surface area contributed by atoms with E-state index in [1.54, 1.807) is 10.9 Å². The van der Waals surface area contributed by atoms with Crippen molar-refractivity contribution in [2.45, 2.75) is 31.6 Å². The van der Waals surface area contributed by atoms with Crippen molar-refractivity contribution in [3.8, 4) is 11.4 Å². The summed E-state index contributed by atoms with van der Waals surface area (Å²) in [6.07, 6.45) is -0.442. The average Bonchev–Trinajstić information content (AvgIpc) is 3.28. The molecule has 0 amide bonds. The Bertz CT molecular complexity index is 1340. The number of piperidine rings is 1. The SMILES string of the molecule is Cn1nccc1-c1nnc(N2CCC(NCc3cnc(C(F)(F)F)cc3F)CC2)c2ccccc12. The topological polar surface area (TPSA) is 71.8 Å². The van der Waals surface area contributed by atoms with Crippen LogP contribution in [0.15, 0.2) is 48.8 Å². The lowest BCUT2D eigenvalue weighted by molar-refractivity contribution is -0.141. The lowest BCUT2D eigenvalue weighted by Gasteiger charge is -2.33. The molecule has 1 aromatic carbocycles. The number of halogens is 4. The molecule has 1 fully saturated rings. The van der Waals surface area contributed by atoms with E-state index >= 15 is 0 Å². The van der Waals surface area contributed by atoms with Crippen LogP contribution in [0.1, 0.15) is 24.1 Å². The fraction of sp³-hybridized carbons (Fsp3) is 0.333. The summed E-state index contributed by atoms with van der Waals surface area (Å²) >= 11 is 0. The summed E-state index contributed by atoms with van der Waals surface area (Å²) in [5.74, 6) is -0.101. The van der Waals surface area contributed by atoms with Crippen LogP contribution in [0.2, 0.25) is 0 Å². The second-order valence-electron chi connectivity index (χ2n) is 8.56. The van der Waals surface area contributed by atoms with Crippen LogP contribution in [0.5, 0.6) is 0 Å². The number of fused-ring (bicyclic) bond motifs is 1. The highest BCUT2D eigenvalue weighted by Gasteiger charge is 2.33. The summed E-state index contributed by atoms with van der Waals surface area (Å²) in [4.78, 5) is 5.53. The summed E-state index contributed by atoms with van der Waals surface area (Å²) in [5.41, 5.74) is 0.541. The minimum atomic E-state index is -4.66. The van der Waals surface area contributed by atoms with Crippen molar-refractivity contribution in [3.05, 3.63) is 65.9 Å². The molecular weight excluding hydrogens is 462 g/mol. The molecule has 3 aromatic heterocycles. The highest BCUT2D eigenvalue weighted by Crippen LogP contribution is 2.32. The van der Waals surface area contributed by atoms with Gasteiger partial charge in [-0.1, -0.05) is 24.3 Å². The maximum absolute atomic E-state index is 14.1. The fourth-order valence-electron chi connectivity index (χ4n) is 4.41. The standard InChI is InChI=1S/C24H23F4N7/c1-34-20(6-9-31-34)22-17-4-2-3-5-18(17)23(33-32-22)35-10-7-16(8-11-35)29-13-15-14-30-21(12-19(15)25)24(26,27)28/h2-6,9,12,14,16,29H,7-8,10-11,13H2,1H3. The summed E-state index contributed by atoms with van der Waals surface area (Å²) in [6.45, 7) is 1.55. The van der Waals surface area contributed by atoms with Crippen molar-refractivity contribution in [2.75, 3.05) is 18.0 Å². The smallest absolute Gasteiger partial charge is 0.354 e. The van der Waals surface area contributed by atoms with Crippen LogP contribution >= 0.6 is 0 Å². The molecule has 4 heterocycles. The summed E-state index contributed by atoms with van der Waals surface area (Å²) < 4.78 is 54.0. The molecule has 5 rings (SSSR count). The van der Waals surface area contributed by atoms with Gasteiger partial charge in [-0.3, -0.25) is 9.67 Å². The predicted molar refractivity (Wildman–Crippen MR) is 123 cm³/mol. The van der Waals surface area contributed by atoms with E-state index in [2.05, 4.69) is 30.5 Å². The van der Waals surface area contributed by atoms with Crippen LogP contribution in [0.4, 0.5) is 23.4 Å². The number of aryl methyl sites for hydroxylation is 1. The normalized spacial score (nSPS) is 15.2. The molecule has 11 heteroatoms. The Balaban J connectivity index is 1.26. The zero-order chi connectivity index (χ0) is 24.6. The molecule has 1 aliphatic heterocycles. The monoisotopic (exact) mass is 485 g/mol. The molecule has 1 N–H and O–H groups in total. The first-order valence-corrected chi connectivity index (χ1v) is 11.2. The van der Waals surface area contributed by atoms with Gasteiger partial charge in [0.2, 0.25) is 0 Å². The van der Waals surface area contributed by atoms with Gasteiger partial charge in [-0.2, -0.15) is 18.3 Å². The van der Waals surface area contributed by atoms with Gasteiger partial charge in [-0.25, -0.2) is 4.39 Å². The Morgan fingerprint density at radius 1 is 1.06 bits per heavy atom. The molecule has 0 spiro atoms. The van der Waals surface area contributed by atoms with Crippen molar-refractivity contribution in [1.82, 2.24) is 30.3 Å². The van der Waals surface area contributed by atoms with Crippen LogP contribution in [0.25, 0.3) is 22.2 Å². The Morgan fingerprint density at radius 3 is 2.46 bits per heavy atom. The maximum Gasteiger partial charge on any atom is 0.433 e. The number of benzene rings is 1. The minimum Gasteiger partial charge on any atom is -0.354 e. The van der Waals surface area contributed by atoms with E-state index in [-0.39, 0.29) is 18.2 Å². The van der Waals surface area contributed by atoms with Gasteiger partial charge < -0.3 is 10.2 Å². The van der Waals surface area contributed by atoms with Gasteiger partial charge in [0.1, 0.15) is 17.2 Å². The number of pyridine rings is 1. The number of hydrogen-bond acceptors (Lipinski definition) is 6. The van der Waals surface area contributed by atoms with E-state index in [4.69, 9.17) is 0 Å². The molecular formula is C24H23F4N7. The predicted octanol–water partition coefficient (Wildman–Crippen LogP) is 4.34. The van der Waals surface area contributed by atoms with Gasteiger partial charge in [0.15, 0.2) is 5.82 Å². The zero-order valence-electron chi connectivity index (χ0n) is 18.9. The molecule has 0 saturated carbocycles. The molecule has 0 radical (unpaired) electrons. The van der Waals surface area contributed by atoms with Gasteiger partial charge in [0.05, 0.1) is 5.69 Å². The number of aromatic nitrogens is 5. The molecule has 35 heavy (non-hydrogen) atoms. The first kappa shape index (κ1) is 23.2. The number of hydrogen-bond donors (Lipinski definition) is 1. The Morgan fingerprint density at radius 2 is 1.80 bits per heavy atom. The number of alkyl halides is 3. The molecule has 0 atom stereocenters. The third-order valence-electron chi connectivity index (χ3n) is 6.33. The number of rotatable bonds is 5. The van der Waals surface area contributed by atoms with Gasteiger partial charge in [0.25, 0.3) is 0 Å². The summed E-state index contributed by atoms with van der Waals surface area (Å²) in [6, 6.07) is 10.4. The van der Waals surface area contributed by atoms with Crippen LogP contribution < -0.4 is 10.2 Å². The second-order valence-corrected chi connectivity index (χ2v) is 8.56. The zero-order valence-corrected chi connectivity index (χ0v) is 18.9. The van der Waals surface area contributed by atoms with Crippen molar-refractivity contribution in [2.24, 2.45) is 7.05 Å². The molecule has 1 saturated heterocycles. The van der Waals surface area contributed by atoms with Gasteiger partial charge in [-0.15, -0.1) is 10.2 Å². The largest absolute Gasteiger partial charge is 0.433 e. The molecule has 1 aliphatic rings. The van der Waals surface area contributed by atoms with Crippen LogP contribution in [-0.4, -0.2) is 44.1 Å². The van der Waals surface area contributed by atoms with Gasteiger partial charge in [0, 0.05) is 67.5 Å². The van der Waals surface area contributed by atoms with Crippen molar-refractivity contribution in [1.29, 1.82) is 0 Å². The lowest BCUT2D eigenvalue weighted by Crippen LogP contribution is -2.42. The maximum atomic E-state index is 14.1. The highest BCUT2D eigenvalue weighted by molar-refractivity contribution is 5.99. The second kappa shape index (κ2) is 9.21. The molecule has 0 unspecified atom stereocenters. The molecule has 7 nitrogen and oxygen atoms in total. The van der Waals surface area contributed by atoms with Crippen LogP contribution in [0, 0.1) is 5.82 Å². The van der Waals surface area contributed by atoms with E-state index in [0.717, 1.165) is 60.1 Å². The molecule has 0 bridgehead atoms. The number of nitrogens with zero attached hydrogens (tertiary/aromatic N) is 6. The first-order chi connectivity index (χ1) is 16.8. The average molecular weight is 485 g/mol. The minimum absolute atomic E-state index is 0.0980. The quantitative estimate of drug-likeness (QED) is 0.424. The van der Waals surface area contributed by atoms with E-state index < -0.39 is 17.7 Å². The molecule has 182 valence electrons. The third kappa shape index (κ3) is 4.68. The molecule has 0 aliphatic carbocycles. The van der Waals surface area contributed by atoms with E-state index in [1.165, 1.54) is 0 Å². The van der Waals surface area contributed by atoms with Crippen molar-refractivity contribution in [3.63, 3.8) is 0 Å². The summed E-state index contributed by atoms with van der Waals surface area (Å²) in [7, 11) is 1.87. The fourth-order valence-corrected chi connectivity index (χ4v) is 4.41. The highest BCUT2D eigenvalue weighted by atomic mass is 19.4. The first-order valence-electron chi connectivity index (χ1n) is 11.2. The van der Waals surface area contributed by atoms with Crippen molar-refractivity contribution >= 4 is 16.6 Å². The van der Waals surface area contributed by atoms with Crippen LogP contribution in [0.3, 0.4) is 0 Å².